The monoisotopic (exact) mass is 387 g/mol. The zero-order valence-corrected chi connectivity index (χ0v) is 16.9. The van der Waals surface area contributed by atoms with Crippen LogP contribution in [0.2, 0.25) is 0 Å². The largest absolute Gasteiger partial charge is 0.372 e. The Hall–Kier alpha value is -2.04. The summed E-state index contributed by atoms with van der Waals surface area (Å²) in [7, 11) is 0. The van der Waals surface area contributed by atoms with E-state index in [1.807, 2.05) is 19.1 Å². The van der Waals surface area contributed by atoms with Crippen molar-refractivity contribution in [1.29, 1.82) is 0 Å². The van der Waals surface area contributed by atoms with Gasteiger partial charge in [-0.2, -0.15) is 0 Å². The maximum absolute atomic E-state index is 11.6. The average molecular weight is 388 g/mol. The number of carbonyl (C=O) groups is 1. The van der Waals surface area contributed by atoms with Gasteiger partial charge in [0.25, 0.3) is 0 Å². The van der Waals surface area contributed by atoms with E-state index in [-0.39, 0.29) is 18.3 Å². The Balaban J connectivity index is 0.00000261. The normalized spacial score (nSPS) is 13.3. The van der Waals surface area contributed by atoms with Crippen molar-refractivity contribution in [3.8, 4) is 0 Å². The van der Waals surface area contributed by atoms with Gasteiger partial charge in [-0.3, -0.25) is 4.79 Å². The second-order valence-corrected chi connectivity index (χ2v) is 6.96. The summed E-state index contributed by atoms with van der Waals surface area (Å²) in [4.78, 5) is 14.1. The van der Waals surface area contributed by atoms with E-state index in [2.05, 4.69) is 51.9 Å². The Morgan fingerprint density at radius 3 is 2.04 bits per heavy atom. The summed E-state index contributed by atoms with van der Waals surface area (Å²) >= 11 is 0. The summed E-state index contributed by atoms with van der Waals surface area (Å²) in [6.45, 7) is 6.06. The minimum Gasteiger partial charge on any atom is -0.372 e. The van der Waals surface area contributed by atoms with E-state index in [9.17, 15) is 4.79 Å². The molecule has 1 heterocycles. The first kappa shape index (κ1) is 21.3. The molecule has 1 aliphatic heterocycles. The lowest BCUT2D eigenvalue weighted by Crippen LogP contribution is -2.17. The molecule has 0 spiro atoms. The maximum Gasteiger partial charge on any atom is 0.224 e. The van der Waals surface area contributed by atoms with Crippen molar-refractivity contribution in [1.82, 2.24) is 5.32 Å². The van der Waals surface area contributed by atoms with Crippen LogP contribution in [0.15, 0.2) is 48.5 Å². The number of carbonyl (C=O) groups excluding carboxylic acids is 1. The Labute approximate surface area is 168 Å². The number of benzene rings is 2. The number of rotatable bonds is 8. The van der Waals surface area contributed by atoms with Crippen molar-refractivity contribution >= 4 is 29.7 Å². The highest BCUT2D eigenvalue weighted by Gasteiger charge is 2.11. The molecule has 2 aromatic rings. The van der Waals surface area contributed by atoms with Gasteiger partial charge in [0.05, 0.1) is 0 Å². The highest BCUT2D eigenvalue weighted by molar-refractivity contribution is 5.90. The molecule has 0 radical (unpaired) electrons. The highest BCUT2D eigenvalue weighted by atomic mass is 35.5. The number of halogens is 1. The van der Waals surface area contributed by atoms with Crippen LogP contribution in [0.25, 0.3) is 0 Å². The quantitative estimate of drug-likeness (QED) is 0.687. The summed E-state index contributed by atoms with van der Waals surface area (Å²) < 4.78 is 0. The van der Waals surface area contributed by atoms with Gasteiger partial charge in [0.15, 0.2) is 0 Å². The van der Waals surface area contributed by atoms with Crippen LogP contribution in [0.5, 0.6) is 0 Å². The second kappa shape index (κ2) is 11.0. The molecule has 1 amide bonds. The Bertz CT molecular complexity index is 695. The fraction of sp³-hybridized carbons (Fsp3) is 0.409. The fourth-order valence-electron chi connectivity index (χ4n) is 3.31. The third-order valence-electron chi connectivity index (χ3n) is 4.78. The molecule has 1 fully saturated rings. The van der Waals surface area contributed by atoms with Gasteiger partial charge in [-0.15, -0.1) is 12.4 Å². The molecular formula is C22H30ClN3O. The number of anilines is 2. The number of nitrogens with one attached hydrogen (secondary N) is 2. The summed E-state index contributed by atoms with van der Waals surface area (Å²) in [5, 5.41) is 6.40. The van der Waals surface area contributed by atoms with Gasteiger partial charge in [-0.1, -0.05) is 31.2 Å². The van der Waals surface area contributed by atoms with Gasteiger partial charge in [0.2, 0.25) is 5.91 Å². The molecule has 27 heavy (non-hydrogen) atoms. The van der Waals surface area contributed by atoms with Crippen LogP contribution in [0, 0.1) is 0 Å². The zero-order valence-electron chi connectivity index (χ0n) is 16.0. The molecule has 0 aromatic heterocycles. The molecule has 0 unspecified atom stereocenters. The Morgan fingerprint density at radius 2 is 1.48 bits per heavy atom. The van der Waals surface area contributed by atoms with Crippen molar-refractivity contribution in [3.63, 3.8) is 0 Å². The van der Waals surface area contributed by atoms with E-state index in [1.54, 1.807) is 0 Å². The van der Waals surface area contributed by atoms with Gasteiger partial charge in [-0.25, -0.2) is 0 Å². The van der Waals surface area contributed by atoms with E-state index in [4.69, 9.17) is 0 Å². The average Bonchev–Trinajstić information content (AvgIpc) is 3.19. The van der Waals surface area contributed by atoms with Gasteiger partial charge >= 0.3 is 0 Å². The van der Waals surface area contributed by atoms with Crippen molar-refractivity contribution in [2.45, 2.75) is 45.7 Å². The lowest BCUT2D eigenvalue weighted by Gasteiger charge is -2.17. The smallest absolute Gasteiger partial charge is 0.224 e. The first-order valence-electron chi connectivity index (χ1n) is 9.68. The molecule has 5 heteroatoms. The molecule has 2 N–H and O–H groups in total. The van der Waals surface area contributed by atoms with Crippen LogP contribution < -0.4 is 15.5 Å². The minimum absolute atomic E-state index is 0. The molecule has 1 saturated heterocycles. The number of nitrogens with zero attached hydrogens (tertiary/aromatic N) is 1. The second-order valence-electron chi connectivity index (χ2n) is 6.96. The third-order valence-corrected chi connectivity index (χ3v) is 4.78. The molecule has 0 saturated carbocycles. The standard InChI is InChI=1S/C22H29N3O.ClH/c1-2-5-22(26)24-20-10-6-18(7-11-20)16-23-17-19-8-12-21(13-9-19)25-14-3-4-15-25;/h6-13,23H,2-5,14-17H2,1H3,(H,24,26);1H. The lowest BCUT2D eigenvalue weighted by molar-refractivity contribution is -0.116. The molecule has 146 valence electrons. The van der Waals surface area contributed by atoms with Crippen molar-refractivity contribution in [2.24, 2.45) is 0 Å². The van der Waals surface area contributed by atoms with E-state index in [1.165, 1.54) is 42.7 Å². The van der Waals surface area contributed by atoms with Crippen LogP contribution in [0.4, 0.5) is 11.4 Å². The van der Waals surface area contributed by atoms with Crippen LogP contribution >= 0.6 is 12.4 Å². The summed E-state index contributed by atoms with van der Waals surface area (Å²) in [5.74, 6) is 0.0794. The fourth-order valence-corrected chi connectivity index (χ4v) is 3.31. The first-order valence-corrected chi connectivity index (χ1v) is 9.68. The van der Waals surface area contributed by atoms with Gasteiger partial charge < -0.3 is 15.5 Å². The van der Waals surface area contributed by atoms with Crippen molar-refractivity contribution < 1.29 is 4.79 Å². The van der Waals surface area contributed by atoms with Gasteiger partial charge in [-0.05, 0) is 54.7 Å². The molecule has 0 aliphatic carbocycles. The van der Waals surface area contributed by atoms with E-state index in [0.717, 1.165) is 25.2 Å². The molecule has 0 atom stereocenters. The predicted octanol–water partition coefficient (Wildman–Crippen LogP) is 4.74. The number of amides is 1. The van der Waals surface area contributed by atoms with Crippen molar-refractivity contribution in [3.05, 3.63) is 59.7 Å². The van der Waals surface area contributed by atoms with E-state index >= 15 is 0 Å². The molecule has 4 nitrogen and oxygen atoms in total. The zero-order chi connectivity index (χ0) is 18.2. The van der Waals surface area contributed by atoms with Crippen LogP contribution in [-0.2, 0) is 17.9 Å². The lowest BCUT2D eigenvalue weighted by atomic mass is 10.1. The molecule has 2 aromatic carbocycles. The minimum atomic E-state index is 0. The topological polar surface area (TPSA) is 44.4 Å². The SMILES string of the molecule is CCCC(=O)Nc1ccc(CNCc2ccc(N3CCCC3)cc2)cc1.Cl. The highest BCUT2D eigenvalue weighted by Crippen LogP contribution is 2.20. The third kappa shape index (κ3) is 6.56. The molecule has 3 rings (SSSR count). The summed E-state index contributed by atoms with van der Waals surface area (Å²) in [6.07, 6.45) is 4.06. The summed E-state index contributed by atoms with van der Waals surface area (Å²) in [6, 6.07) is 17.0. The predicted molar refractivity (Wildman–Crippen MR) is 116 cm³/mol. The van der Waals surface area contributed by atoms with E-state index < -0.39 is 0 Å². The van der Waals surface area contributed by atoms with Crippen LogP contribution in [-0.4, -0.2) is 19.0 Å². The van der Waals surface area contributed by atoms with E-state index in [0.29, 0.717) is 6.42 Å². The molecule has 0 bridgehead atoms. The van der Waals surface area contributed by atoms with Gasteiger partial charge in [0.1, 0.15) is 0 Å². The summed E-state index contributed by atoms with van der Waals surface area (Å²) in [5.41, 5.74) is 4.72. The molecule has 1 aliphatic rings. The molecular weight excluding hydrogens is 358 g/mol. The Kier molecular flexibility index (Phi) is 8.62. The number of hydrogen-bond donors (Lipinski definition) is 2. The van der Waals surface area contributed by atoms with Crippen LogP contribution in [0.1, 0.15) is 43.7 Å². The number of hydrogen-bond acceptors (Lipinski definition) is 3. The van der Waals surface area contributed by atoms with Crippen LogP contribution in [0.3, 0.4) is 0 Å². The maximum atomic E-state index is 11.6. The first-order chi connectivity index (χ1) is 12.7. The Morgan fingerprint density at radius 1 is 0.926 bits per heavy atom. The van der Waals surface area contributed by atoms with Crippen molar-refractivity contribution in [2.75, 3.05) is 23.3 Å². The van der Waals surface area contributed by atoms with Gasteiger partial charge in [0, 0.05) is 44.0 Å².